The van der Waals surface area contributed by atoms with Crippen LogP contribution in [0.2, 0.25) is 0 Å². The molecule has 0 saturated carbocycles. The molecule has 3 atom stereocenters. The first-order chi connectivity index (χ1) is 9.08. The molecule has 1 saturated heterocycles. The van der Waals surface area contributed by atoms with Gasteiger partial charge in [0, 0.05) is 25.0 Å². The summed E-state index contributed by atoms with van der Waals surface area (Å²) in [6, 6.07) is 0.0683. The molecule has 5 heteroatoms. The number of nitrogens with zero attached hydrogens (tertiary/aromatic N) is 1. The molecule has 2 aliphatic rings. The maximum atomic E-state index is 12.5. The summed E-state index contributed by atoms with van der Waals surface area (Å²) in [6.07, 6.45) is 8.17. The van der Waals surface area contributed by atoms with E-state index in [2.05, 4.69) is 0 Å². The van der Waals surface area contributed by atoms with E-state index in [1.54, 1.807) is 0 Å². The second-order valence-corrected chi connectivity index (χ2v) is 5.50. The highest BCUT2D eigenvalue weighted by Gasteiger charge is 2.32. The number of carboxylic acids is 1. The third kappa shape index (κ3) is 3.56. The Labute approximate surface area is 113 Å². The molecule has 5 nitrogen and oxygen atoms in total. The minimum atomic E-state index is -0.791. The van der Waals surface area contributed by atoms with Gasteiger partial charge >= 0.3 is 5.97 Å². The van der Waals surface area contributed by atoms with E-state index in [0.29, 0.717) is 12.8 Å². The van der Waals surface area contributed by atoms with Gasteiger partial charge in [-0.1, -0.05) is 12.2 Å². The van der Waals surface area contributed by atoms with Crippen LogP contribution in [0.25, 0.3) is 0 Å². The van der Waals surface area contributed by atoms with Gasteiger partial charge < -0.3 is 15.7 Å². The molecule has 106 valence electrons. The van der Waals surface area contributed by atoms with Crippen molar-refractivity contribution >= 4 is 11.9 Å². The van der Waals surface area contributed by atoms with Crippen LogP contribution in [0.5, 0.6) is 0 Å². The Morgan fingerprint density at radius 3 is 2.74 bits per heavy atom. The van der Waals surface area contributed by atoms with E-state index in [1.165, 1.54) is 0 Å². The van der Waals surface area contributed by atoms with Gasteiger partial charge in [0.25, 0.3) is 0 Å². The summed E-state index contributed by atoms with van der Waals surface area (Å²) in [5.41, 5.74) is 5.79. The molecule has 0 aromatic carbocycles. The van der Waals surface area contributed by atoms with E-state index in [4.69, 9.17) is 10.8 Å². The molecule has 0 aromatic heterocycles. The number of carboxylic acid groups (broad SMARTS) is 1. The molecule has 2 rings (SSSR count). The van der Waals surface area contributed by atoms with Crippen molar-refractivity contribution in [3.63, 3.8) is 0 Å². The van der Waals surface area contributed by atoms with Crippen molar-refractivity contribution in [2.75, 3.05) is 6.54 Å². The van der Waals surface area contributed by atoms with Gasteiger partial charge in [0.1, 0.15) is 0 Å². The van der Waals surface area contributed by atoms with Gasteiger partial charge in [-0.3, -0.25) is 9.59 Å². The van der Waals surface area contributed by atoms with Gasteiger partial charge in [0.15, 0.2) is 0 Å². The summed E-state index contributed by atoms with van der Waals surface area (Å²) in [5.74, 6) is -0.777. The topological polar surface area (TPSA) is 83.6 Å². The first kappa shape index (κ1) is 14.1. The standard InChI is InChI=1S/C14H22N2O3/c15-11-5-4-10(9-11)14(19)16-8-2-1-3-12(16)6-7-13(17)18/h4-5,10-12H,1-3,6-9,15H2,(H,17,18). The van der Waals surface area contributed by atoms with E-state index < -0.39 is 5.97 Å². The quantitative estimate of drug-likeness (QED) is 0.747. The summed E-state index contributed by atoms with van der Waals surface area (Å²) in [4.78, 5) is 25.0. The maximum Gasteiger partial charge on any atom is 0.303 e. The zero-order valence-corrected chi connectivity index (χ0v) is 11.1. The predicted molar refractivity (Wildman–Crippen MR) is 71.4 cm³/mol. The number of carbonyl (C=O) groups excluding carboxylic acids is 1. The van der Waals surface area contributed by atoms with Crippen LogP contribution < -0.4 is 5.73 Å². The monoisotopic (exact) mass is 266 g/mol. The Kier molecular flexibility index (Phi) is 4.58. The molecule has 1 heterocycles. The molecule has 1 aliphatic heterocycles. The Balaban J connectivity index is 1.96. The molecule has 1 fully saturated rings. The first-order valence-electron chi connectivity index (χ1n) is 7.04. The van der Waals surface area contributed by atoms with E-state index in [9.17, 15) is 9.59 Å². The number of carbonyl (C=O) groups is 2. The highest BCUT2D eigenvalue weighted by Crippen LogP contribution is 2.26. The highest BCUT2D eigenvalue weighted by atomic mass is 16.4. The van der Waals surface area contributed by atoms with Crippen LogP contribution in [-0.2, 0) is 9.59 Å². The summed E-state index contributed by atoms with van der Waals surface area (Å²) < 4.78 is 0. The van der Waals surface area contributed by atoms with Crippen molar-refractivity contribution in [1.29, 1.82) is 0 Å². The van der Waals surface area contributed by atoms with Crippen LogP contribution in [0.4, 0.5) is 0 Å². The molecule has 0 spiro atoms. The summed E-state index contributed by atoms with van der Waals surface area (Å²) in [6.45, 7) is 0.753. The Bertz CT molecular complexity index is 381. The lowest BCUT2D eigenvalue weighted by Gasteiger charge is -2.37. The number of piperidine rings is 1. The molecule has 1 aliphatic carbocycles. The van der Waals surface area contributed by atoms with Crippen LogP contribution in [0.3, 0.4) is 0 Å². The average Bonchev–Trinajstić information content (AvgIpc) is 2.82. The minimum Gasteiger partial charge on any atom is -0.481 e. The largest absolute Gasteiger partial charge is 0.481 e. The normalized spacial score (nSPS) is 30.6. The lowest BCUT2D eigenvalue weighted by molar-refractivity contribution is -0.141. The predicted octanol–water partition coefficient (Wildman–Crippen LogP) is 1.14. The fourth-order valence-electron chi connectivity index (χ4n) is 3.00. The van der Waals surface area contributed by atoms with E-state index >= 15 is 0 Å². The van der Waals surface area contributed by atoms with E-state index in [1.807, 2.05) is 17.1 Å². The van der Waals surface area contributed by atoms with Crippen molar-refractivity contribution in [1.82, 2.24) is 4.90 Å². The van der Waals surface area contributed by atoms with Crippen molar-refractivity contribution in [3.05, 3.63) is 12.2 Å². The van der Waals surface area contributed by atoms with Gasteiger partial charge in [-0.15, -0.1) is 0 Å². The Morgan fingerprint density at radius 2 is 2.11 bits per heavy atom. The lowest BCUT2D eigenvalue weighted by Crippen LogP contribution is -2.46. The third-order valence-corrected chi connectivity index (χ3v) is 4.04. The molecule has 3 unspecified atom stereocenters. The molecule has 0 bridgehead atoms. The van der Waals surface area contributed by atoms with Crippen LogP contribution in [0, 0.1) is 5.92 Å². The smallest absolute Gasteiger partial charge is 0.303 e. The summed E-state index contributed by atoms with van der Waals surface area (Å²) in [5, 5.41) is 8.78. The lowest BCUT2D eigenvalue weighted by atomic mass is 9.95. The molecular weight excluding hydrogens is 244 g/mol. The third-order valence-electron chi connectivity index (χ3n) is 4.04. The van der Waals surface area contributed by atoms with Gasteiger partial charge in [-0.25, -0.2) is 0 Å². The van der Waals surface area contributed by atoms with Crippen molar-refractivity contribution in [3.8, 4) is 0 Å². The fraction of sp³-hybridized carbons (Fsp3) is 0.714. The Morgan fingerprint density at radius 1 is 1.32 bits per heavy atom. The van der Waals surface area contributed by atoms with Crippen molar-refractivity contribution < 1.29 is 14.7 Å². The van der Waals surface area contributed by atoms with Gasteiger partial charge in [-0.2, -0.15) is 0 Å². The molecule has 0 radical (unpaired) electrons. The molecule has 3 N–H and O–H groups in total. The number of hydrogen-bond acceptors (Lipinski definition) is 3. The number of hydrogen-bond donors (Lipinski definition) is 2. The minimum absolute atomic E-state index is 0.0174. The molecule has 19 heavy (non-hydrogen) atoms. The highest BCUT2D eigenvalue weighted by molar-refractivity contribution is 5.81. The van der Waals surface area contributed by atoms with E-state index in [-0.39, 0.29) is 30.3 Å². The molecular formula is C14H22N2O3. The number of nitrogens with two attached hydrogens (primary N) is 1. The van der Waals surface area contributed by atoms with Crippen molar-refractivity contribution in [2.24, 2.45) is 11.7 Å². The molecule has 0 aromatic rings. The van der Waals surface area contributed by atoms with Crippen LogP contribution in [0.1, 0.15) is 38.5 Å². The second kappa shape index (κ2) is 6.19. The van der Waals surface area contributed by atoms with Crippen LogP contribution in [0.15, 0.2) is 12.2 Å². The number of likely N-dealkylation sites (tertiary alicyclic amines) is 1. The van der Waals surface area contributed by atoms with Gasteiger partial charge in [0.2, 0.25) is 5.91 Å². The maximum absolute atomic E-state index is 12.5. The summed E-state index contributed by atoms with van der Waals surface area (Å²) >= 11 is 0. The molecule has 1 amide bonds. The number of amides is 1. The zero-order valence-electron chi connectivity index (χ0n) is 11.1. The van der Waals surface area contributed by atoms with Crippen molar-refractivity contribution in [2.45, 2.75) is 50.6 Å². The second-order valence-electron chi connectivity index (χ2n) is 5.50. The number of aliphatic carboxylic acids is 1. The number of rotatable bonds is 4. The van der Waals surface area contributed by atoms with Crippen LogP contribution >= 0.6 is 0 Å². The van der Waals surface area contributed by atoms with Gasteiger partial charge in [0.05, 0.1) is 5.92 Å². The van der Waals surface area contributed by atoms with Crippen LogP contribution in [-0.4, -0.2) is 40.5 Å². The summed E-state index contributed by atoms with van der Waals surface area (Å²) in [7, 11) is 0. The van der Waals surface area contributed by atoms with Gasteiger partial charge in [-0.05, 0) is 32.1 Å². The fourth-order valence-corrected chi connectivity index (χ4v) is 3.00. The SMILES string of the molecule is NC1C=CC(C(=O)N2CCCCC2CCC(=O)O)C1. The van der Waals surface area contributed by atoms with E-state index in [0.717, 1.165) is 25.8 Å². The first-order valence-corrected chi connectivity index (χ1v) is 7.04. The zero-order chi connectivity index (χ0) is 13.8. The Hall–Kier alpha value is -1.36. The average molecular weight is 266 g/mol.